The number of nitrogens with one attached hydrogen (secondary N) is 1. The average molecular weight is 374 g/mol. The molecule has 1 N–H and O–H groups in total. The van der Waals surface area contributed by atoms with Crippen LogP contribution < -0.4 is 5.32 Å². The minimum Gasteiger partial charge on any atom is -0.379 e. The summed E-state index contributed by atoms with van der Waals surface area (Å²) >= 11 is 3.42. The summed E-state index contributed by atoms with van der Waals surface area (Å²) in [6.07, 6.45) is 2.70. The Morgan fingerprint density at radius 2 is 2.10 bits per heavy atom. The first kappa shape index (κ1) is 16.1. The van der Waals surface area contributed by atoms with Gasteiger partial charge in [0.05, 0.1) is 24.5 Å². The van der Waals surface area contributed by atoms with E-state index in [1.807, 2.05) is 18.2 Å². The van der Waals surface area contributed by atoms with Gasteiger partial charge >= 0.3 is 0 Å². The zero-order valence-electron chi connectivity index (χ0n) is 11.5. The van der Waals surface area contributed by atoms with Crippen LogP contribution in [0.2, 0.25) is 0 Å². The standard InChI is InChI=1S/C13H16BrN3O3S/c1-21(18,19)7-6-20-5-4-15-13-11-8-10(14)2-3-12(11)16-9-17-13/h2-3,8-9H,4-7H2,1H3,(H,15,16,17). The first-order valence-corrected chi connectivity index (χ1v) is 9.21. The molecule has 0 aliphatic heterocycles. The zero-order chi connectivity index (χ0) is 15.3. The number of fused-ring (bicyclic) bond motifs is 1. The lowest BCUT2D eigenvalue weighted by molar-refractivity contribution is 0.159. The third kappa shape index (κ3) is 5.22. The second-order valence-electron chi connectivity index (χ2n) is 4.55. The van der Waals surface area contributed by atoms with Gasteiger partial charge in [-0.3, -0.25) is 0 Å². The van der Waals surface area contributed by atoms with Crippen molar-refractivity contribution in [3.05, 3.63) is 29.0 Å². The molecule has 0 saturated carbocycles. The number of ether oxygens (including phenoxy) is 1. The Labute approximate surface area is 132 Å². The Hall–Kier alpha value is -1.25. The van der Waals surface area contributed by atoms with E-state index in [0.29, 0.717) is 13.2 Å². The maximum atomic E-state index is 10.9. The smallest absolute Gasteiger partial charge is 0.149 e. The third-order valence-electron chi connectivity index (χ3n) is 2.73. The van der Waals surface area contributed by atoms with E-state index >= 15 is 0 Å². The Balaban J connectivity index is 1.88. The SMILES string of the molecule is CS(=O)(=O)CCOCCNc1ncnc2ccc(Br)cc12. The molecule has 0 saturated heterocycles. The van der Waals surface area contributed by atoms with Crippen molar-refractivity contribution in [1.29, 1.82) is 0 Å². The lowest BCUT2D eigenvalue weighted by Gasteiger charge is -2.09. The van der Waals surface area contributed by atoms with E-state index in [9.17, 15) is 8.42 Å². The van der Waals surface area contributed by atoms with Crippen LogP contribution in [0, 0.1) is 0 Å². The molecular formula is C13H16BrN3O3S. The summed E-state index contributed by atoms with van der Waals surface area (Å²) in [5.41, 5.74) is 0.855. The highest BCUT2D eigenvalue weighted by Crippen LogP contribution is 2.22. The van der Waals surface area contributed by atoms with E-state index in [1.165, 1.54) is 12.6 Å². The van der Waals surface area contributed by atoms with Gasteiger partial charge in [-0.05, 0) is 18.2 Å². The number of benzene rings is 1. The zero-order valence-corrected chi connectivity index (χ0v) is 13.9. The van der Waals surface area contributed by atoms with Crippen LogP contribution in [0.5, 0.6) is 0 Å². The predicted octanol–water partition coefficient (Wildman–Crippen LogP) is 1.87. The van der Waals surface area contributed by atoms with Gasteiger partial charge in [-0.1, -0.05) is 15.9 Å². The summed E-state index contributed by atoms with van der Waals surface area (Å²) in [6.45, 7) is 1.16. The van der Waals surface area contributed by atoms with E-state index in [-0.39, 0.29) is 12.4 Å². The van der Waals surface area contributed by atoms with Crippen LogP contribution in [-0.2, 0) is 14.6 Å². The molecule has 2 aromatic rings. The van der Waals surface area contributed by atoms with E-state index in [1.54, 1.807) is 0 Å². The molecule has 0 radical (unpaired) electrons. The molecule has 6 nitrogen and oxygen atoms in total. The Morgan fingerprint density at radius 3 is 2.86 bits per heavy atom. The minimum atomic E-state index is -2.97. The molecule has 114 valence electrons. The topological polar surface area (TPSA) is 81.2 Å². The summed E-state index contributed by atoms with van der Waals surface area (Å²) in [4.78, 5) is 8.41. The van der Waals surface area contributed by atoms with E-state index in [2.05, 4.69) is 31.2 Å². The van der Waals surface area contributed by atoms with Gasteiger partial charge in [0.15, 0.2) is 0 Å². The second kappa shape index (κ2) is 7.15. The van der Waals surface area contributed by atoms with Crippen LogP contribution in [0.1, 0.15) is 0 Å². The Bertz CT molecular complexity index is 722. The first-order valence-electron chi connectivity index (χ1n) is 6.35. The third-order valence-corrected chi connectivity index (χ3v) is 4.14. The number of rotatable bonds is 7. The quantitative estimate of drug-likeness (QED) is 0.746. The fourth-order valence-corrected chi connectivity index (χ4v) is 2.51. The van der Waals surface area contributed by atoms with Crippen molar-refractivity contribution in [2.45, 2.75) is 0 Å². The number of anilines is 1. The Morgan fingerprint density at radius 1 is 1.29 bits per heavy atom. The van der Waals surface area contributed by atoms with Gasteiger partial charge in [-0.2, -0.15) is 0 Å². The maximum absolute atomic E-state index is 10.9. The molecule has 0 unspecified atom stereocenters. The van der Waals surface area contributed by atoms with Crippen LogP contribution in [0.25, 0.3) is 10.9 Å². The largest absolute Gasteiger partial charge is 0.379 e. The van der Waals surface area contributed by atoms with Crippen molar-refractivity contribution in [3.8, 4) is 0 Å². The van der Waals surface area contributed by atoms with Crippen LogP contribution in [0.15, 0.2) is 29.0 Å². The molecule has 0 aliphatic carbocycles. The molecule has 1 aromatic carbocycles. The molecule has 0 atom stereocenters. The highest BCUT2D eigenvalue weighted by molar-refractivity contribution is 9.10. The molecule has 1 heterocycles. The molecule has 2 rings (SSSR count). The lowest BCUT2D eigenvalue weighted by Crippen LogP contribution is -2.15. The van der Waals surface area contributed by atoms with Crippen molar-refractivity contribution in [2.24, 2.45) is 0 Å². The fraction of sp³-hybridized carbons (Fsp3) is 0.385. The van der Waals surface area contributed by atoms with Crippen molar-refractivity contribution in [2.75, 3.05) is 37.1 Å². The van der Waals surface area contributed by atoms with Crippen LogP contribution in [0.3, 0.4) is 0 Å². The van der Waals surface area contributed by atoms with Gasteiger partial charge in [0, 0.05) is 22.7 Å². The number of hydrogen-bond donors (Lipinski definition) is 1. The Kier molecular flexibility index (Phi) is 5.49. The molecule has 1 aromatic heterocycles. The molecule has 0 aliphatic rings. The highest BCUT2D eigenvalue weighted by atomic mass is 79.9. The monoisotopic (exact) mass is 373 g/mol. The molecule has 0 bridgehead atoms. The summed E-state index contributed by atoms with van der Waals surface area (Å²) in [5, 5.41) is 4.09. The van der Waals surface area contributed by atoms with E-state index in [4.69, 9.17) is 4.74 Å². The van der Waals surface area contributed by atoms with Crippen molar-refractivity contribution in [1.82, 2.24) is 9.97 Å². The molecule has 8 heteroatoms. The number of hydrogen-bond acceptors (Lipinski definition) is 6. The van der Waals surface area contributed by atoms with Gasteiger partial charge in [0.25, 0.3) is 0 Å². The van der Waals surface area contributed by atoms with Crippen molar-refractivity contribution in [3.63, 3.8) is 0 Å². The molecular weight excluding hydrogens is 358 g/mol. The second-order valence-corrected chi connectivity index (χ2v) is 7.73. The number of aromatic nitrogens is 2. The summed E-state index contributed by atoms with van der Waals surface area (Å²) in [5.74, 6) is 0.768. The summed E-state index contributed by atoms with van der Waals surface area (Å²) < 4.78 is 28.1. The molecule has 0 fully saturated rings. The van der Waals surface area contributed by atoms with Gasteiger partial charge in [-0.25, -0.2) is 18.4 Å². The molecule has 21 heavy (non-hydrogen) atoms. The normalized spacial score (nSPS) is 11.7. The van der Waals surface area contributed by atoms with Crippen molar-refractivity contribution < 1.29 is 13.2 Å². The van der Waals surface area contributed by atoms with Crippen LogP contribution in [-0.4, -0.2) is 50.2 Å². The lowest BCUT2D eigenvalue weighted by atomic mass is 10.2. The summed E-state index contributed by atoms with van der Waals surface area (Å²) in [7, 11) is -2.97. The number of halogens is 1. The fourth-order valence-electron chi connectivity index (χ4n) is 1.72. The average Bonchev–Trinajstić information content (AvgIpc) is 2.41. The maximum Gasteiger partial charge on any atom is 0.149 e. The predicted molar refractivity (Wildman–Crippen MR) is 86.3 cm³/mol. The van der Waals surface area contributed by atoms with Crippen molar-refractivity contribution >= 4 is 42.5 Å². The minimum absolute atomic E-state index is 0.0381. The van der Waals surface area contributed by atoms with Crippen LogP contribution in [0.4, 0.5) is 5.82 Å². The molecule has 0 spiro atoms. The molecule has 0 amide bonds. The summed E-state index contributed by atoms with van der Waals surface area (Å²) in [6, 6.07) is 5.78. The van der Waals surface area contributed by atoms with Gasteiger partial charge in [-0.15, -0.1) is 0 Å². The first-order chi connectivity index (χ1) is 9.96. The van der Waals surface area contributed by atoms with E-state index < -0.39 is 9.84 Å². The van der Waals surface area contributed by atoms with Crippen LogP contribution >= 0.6 is 15.9 Å². The highest BCUT2D eigenvalue weighted by Gasteiger charge is 2.04. The van der Waals surface area contributed by atoms with Gasteiger partial charge in [0.2, 0.25) is 0 Å². The van der Waals surface area contributed by atoms with Gasteiger partial charge in [0.1, 0.15) is 22.0 Å². The number of nitrogens with zero attached hydrogens (tertiary/aromatic N) is 2. The van der Waals surface area contributed by atoms with Gasteiger partial charge < -0.3 is 10.1 Å². The van der Waals surface area contributed by atoms with E-state index in [0.717, 1.165) is 21.2 Å². The number of sulfone groups is 1.